The maximum atomic E-state index is 12.0. The van der Waals surface area contributed by atoms with E-state index in [1.165, 1.54) is 0 Å². The van der Waals surface area contributed by atoms with Crippen LogP contribution in [-0.2, 0) is 0 Å². The Morgan fingerprint density at radius 1 is 1.22 bits per heavy atom. The van der Waals surface area contributed by atoms with E-state index >= 15 is 0 Å². The molecule has 92 valence electrons. The highest BCUT2D eigenvalue weighted by atomic mass is 16.3. The average Bonchev–Trinajstić information content (AvgIpc) is 2.34. The van der Waals surface area contributed by atoms with Crippen LogP contribution in [0.4, 0.5) is 0 Å². The Kier molecular flexibility index (Phi) is 2.64. The van der Waals surface area contributed by atoms with Crippen LogP contribution in [0, 0.1) is 0 Å². The van der Waals surface area contributed by atoms with Gasteiger partial charge in [-0.2, -0.15) is 0 Å². The fraction of sp³-hybridized carbons (Fsp3) is 0.214. The number of fused-ring (bicyclic) bond motifs is 1. The molecule has 1 saturated heterocycles. The number of phenols is 1. The molecule has 1 aliphatic rings. The molecule has 3 N–H and O–H groups in total. The number of phenolic OH excluding ortho intramolecular Hbond substituents is 1. The Labute approximate surface area is 105 Å². The minimum Gasteiger partial charge on any atom is -0.506 e. The van der Waals surface area contributed by atoms with Gasteiger partial charge in [0.05, 0.1) is 11.6 Å². The lowest BCUT2D eigenvalue weighted by Gasteiger charge is -2.28. The van der Waals surface area contributed by atoms with E-state index in [0.717, 1.165) is 18.5 Å². The number of rotatable bonds is 2. The quantitative estimate of drug-likeness (QED) is 0.742. The van der Waals surface area contributed by atoms with Gasteiger partial charge in [-0.1, -0.05) is 30.3 Å². The van der Waals surface area contributed by atoms with Crippen LogP contribution in [0.2, 0.25) is 0 Å². The topological polar surface area (TPSA) is 61.4 Å². The summed E-state index contributed by atoms with van der Waals surface area (Å²) in [6, 6.07) is 11.2. The third-order valence-corrected chi connectivity index (χ3v) is 3.26. The summed E-state index contributed by atoms with van der Waals surface area (Å²) in [4.78, 5) is 12.0. The Morgan fingerprint density at radius 2 is 2.00 bits per heavy atom. The summed E-state index contributed by atoms with van der Waals surface area (Å²) in [6.07, 6.45) is 0. The summed E-state index contributed by atoms with van der Waals surface area (Å²) in [6.45, 7) is 1.58. The zero-order chi connectivity index (χ0) is 12.5. The summed E-state index contributed by atoms with van der Waals surface area (Å²) < 4.78 is 0. The summed E-state index contributed by atoms with van der Waals surface area (Å²) >= 11 is 0. The number of aromatic hydroxyl groups is 1. The van der Waals surface area contributed by atoms with Gasteiger partial charge in [-0.15, -0.1) is 0 Å². The van der Waals surface area contributed by atoms with Crippen molar-refractivity contribution in [2.24, 2.45) is 0 Å². The standard InChI is InChI=1S/C14H14N2O2/c17-13-11-4-2-1-3-9(11)5-6-12(13)14(18)16-10-7-15-8-10/h1-6,10,15,17H,7-8H2,(H,16,18). The van der Waals surface area contributed by atoms with Crippen molar-refractivity contribution in [3.05, 3.63) is 42.0 Å². The molecule has 0 spiro atoms. The molecule has 1 aliphatic heterocycles. The normalized spacial score (nSPS) is 15.3. The highest BCUT2D eigenvalue weighted by Gasteiger charge is 2.21. The van der Waals surface area contributed by atoms with Gasteiger partial charge in [0.15, 0.2) is 0 Å². The van der Waals surface area contributed by atoms with E-state index in [0.29, 0.717) is 10.9 Å². The van der Waals surface area contributed by atoms with Crippen molar-refractivity contribution in [1.82, 2.24) is 10.6 Å². The second-order valence-corrected chi connectivity index (χ2v) is 4.51. The summed E-state index contributed by atoms with van der Waals surface area (Å²) in [5.74, 6) is -0.164. The summed E-state index contributed by atoms with van der Waals surface area (Å²) in [7, 11) is 0. The highest BCUT2D eigenvalue weighted by Crippen LogP contribution is 2.28. The number of amides is 1. The minimum absolute atomic E-state index is 0.0536. The second-order valence-electron chi connectivity index (χ2n) is 4.51. The van der Waals surface area contributed by atoms with Gasteiger partial charge >= 0.3 is 0 Å². The molecule has 2 aromatic rings. The predicted molar refractivity (Wildman–Crippen MR) is 69.7 cm³/mol. The van der Waals surface area contributed by atoms with Gasteiger partial charge in [-0.25, -0.2) is 0 Å². The molecule has 0 aromatic heterocycles. The fourth-order valence-corrected chi connectivity index (χ4v) is 2.09. The van der Waals surface area contributed by atoms with Crippen molar-refractivity contribution in [2.45, 2.75) is 6.04 Å². The first-order chi connectivity index (χ1) is 8.75. The van der Waals surface area contributed by atoms with Crippen molar-refractivity contribution in [2.75, 3.05) is 13.1 Å². The van der Waals surface area contributed by atoms with Crippen LogP contribution in [0.15, 0.2) is 36.4 Å². The van der Waals surface area contributed by atoms with Crippen LogP contribution >= 0.6 is 0 Å². The van der Waals surface area contributed by atoms with Crippen molar-refractivity contribution in [3.8, 4) is 5.75 Å². The first-order valence-corrected chi connectivity index (χ1v) is 5.98. The molecule has 3 rings (SSSR count). The van der Waals surface area contributed by atoms with Crippen LogP contribution in [0.1, 0.15) is 10.4 Å². The Bertz CT molecular complexity index is 606. The van der Waals surface area contributed by atoms with Gasteiger partial charge < -0.3 is 15.7 Å². The van der Waals surface area contributed by atoms with E-state index in [9.17, 15) is 9.90 Å². The molecule has 0 unspecified atom stereocenters. The van der Waals surface area contributed by atoms with Crippen molar-refractivity contribution >= 4 is 16.7 Å². The molecule has 1 amide bonds. The molecule has 4 nitrogen and oxygen atoms in total. The van der Waals surface area contributed by atoms with E-state index in [2.05, 4.69) is 10.6 Å². The van der Waals surface area contributed by atoms with Gasteiger partial charge in [0.2, 0.25) is 0 Å². The van der Waals surface area contributed by atoms with E-state index < -0.39 is 0 Å². The largest absolute Gasteiger partial charge is 0.506 e. The molecule has 0 bridgehead atoms. The number of nitrogens with one attached hydrogen (secondary N) is 2. The van der Waals surface area contributed by atoms with Gasteiger partial charge in [0.1, 0.15) is 5.75 Å². The molecule has 1 heterocycles. The average molecular weight is 242 g/mol. The van der Waals surface area contributed by atoms with E-state index in [1.807, 2.05) is 30.3 Å². The zero-order valence-electron chi connectivity index (χ0n) is 9.81. The fourth-order valence-electron chi connectivity index (χ4n) is 2.09. The Hall–Kier alpha value is -2.07. The van der Waals surface area contributed by atoms with Crippen molar-refractivity contribution in [3.63, 3.8) is 0 Å². The first kappa shape index (κ1) is 11.0. The third kappa shape index (κ3) is 1.80. The maximum Gasteiger partial charge on any atom is 0.255 e. The van der Waals surface area contributed by atoms with Crippen molar-refractivity contribution < 1.29 is 9.90 Å². The maximum absolute atomic E-state index is 12.0. The number of benzene rings is 2. The molecule has 4 heteroatoms. The van der Waals surface area contributed by atoms with Crippen LogP contribution in [0.5, 0.6) is 5.75 Å². The lowest BCUT2D eigenvalue weighted by atomic mass is 10.0. The highest BCUT2D eigenvalue weighted by molar-refractivity contribution is 6.03. The third-order valence-electron chi connectivity index (χ3n) is 3.26. The molecule has 2 aromatic carbocycles. The van der Waals surface area contributed by atoms with Crippen LogP contribution < -0.4 is 10.6 Å². The van der Waals surface area contributed by atoms with E-state index in [1.54, 1.807) is 6.07 Å². The van der Waals surface area contributed by atoms with Gasteiger partial charge in [0, 0.05) is 18.5 Å². The molecule has 0 radical (unpaired) electrons. The second kappa shape index (κ2) is 4.31. The number of carbonyl (C=O) groups excluding carboxylic acids is 1. The molecule has 0 atom stereocenters. The molecule has 1 fully saturated rings. The Morgan fingerprint density at radius 3 is 2.72 bits per heavy atom. The molecular formula is C14H14N2O2. The molecule has 0 saturated carbocycles. The lowest BCUT2D eigenvalue weighted by molar-refractivity contribution is 0.0921. The number of hydrogen-bond donors (Lipinski definition) is 3. The number of carbonyl (C=O) groups is 1. The van der Waals surface area contributed by atoms with Gasteiger partial charge in [0.25, 0.3) is 5.91 Å². The molecule has 18 heavy (non-hydrogen) atoms. The SMILES string of the molecule is O=C(NC1CNC1)c1ccc2ccccc2c1O. The van der Waals surface area contributed by atoms with E-state index in [-0.39, 0.29) is 17.7 Å². The number of hydrogen-bond acceptors (Lipinski definition) is 3. The monoisotopic (exact) mass is 242 g/mol. The first-order valence-electron chi connectivity index (χ1n) is 5.98. The zero-order valence-corrected chi connectivity index (χ0v) is 9.81. The van der Waals surface area contributed by atoms with Crippen LogP contribution in [-0.4, -0.2) is 30.1 Å². The smallest absolute Gasteiger partial charge is 0.255 e. The van der Waals surface area contributed by atoms with Gasteiger partial charge in [-0.3, -0.25) is 4.79 Å². The molecular weight excluding hydrogens is 228 g/mol. The van der Waals surface area contributed by atoms with Crippen LogP contribution in [0.25, 0.3) is 10.8 Å². The summed E-state index contributed by atoms with van der Waals surface area (Å²) in [5, 5.41) is 17.7. The minimum atomic E-state index is -0.218. The van der Waals surface area contributed by atoms with Crippen LogP contribution in [0.3, 0.4) is 0 Å². The predicted octanol–water partition coefficient (Wildman–Crippen LogP) is 1.25. The van der Waals surface area contributed by atoms with Gasteiger partial charge in [-0.05, 0) is 11.5 Å². The molecule has 0 aliphatic carbocycles. The van der Waals surface area contributed by atoms with E-state index in [4.69, 9.17) is 0 Å². The lowest BCUT2D eigenvalue weighted by Crippen LogP contribution is -2.56. The summed E-state index contributed by atoms with van der Waals surface area (Å²) in [5.41, 5.74) is 0.334. The Balaban J connectivity index is 1.96. The van der Waals surface area contributed by atoms with Crippen molar-refractivity contribution in [1.29, 1.82) is 0 Å².